The molecule has 4 atom stereocenters. The highest BCUT2D eigenvalue weighted by Gasteiger charge is 2.44. The van der Waals surface area contributed by atoms with Gasteiger partial charge in [-0.15, -0.1) is 11.3 Å². The lowest BCUT2D eigenvalue weighted by molar-refractivity contribution is -0.146. The van der Waals surface area contributed by atoms with Crippen LogP contribution in [-0.2, 0) is 25.6 Å². The van der Waals surface area contributed by atoms with Gasteiger partial charge in [0.15, 0.2) is 0 Å². The number of hydrogen-bond donors (Lipinski definition) is 1. The third-order valence-electron chi connectivity index (χ3n) is 10.4. The average Bonchev–Trinajstić information content (AvgIpc) is 3.74. The maximum absolute atomic E-state index is 14.1. The van der Waals surface area contributed by atoms with E-state index in [1.165, 1.54) is 0 Å². The first-order valence-corrected chi connectivity index (χ1v) is 17.3. The van der Waals surface area contributed by atoms with E-state index in [0.717, 1.165) is 54.4 Å². The van der Waals surface area contributed by atoms with Crippen LogP contribution in [0.3, 0.4) is 0 Å². The summed E-state index contributed by atoms with van der Waals surface area (Å²) >= 11 is 1.69. The molecule has 0 saturated carbocycles. The van der Waals surface area contributed by atoms with E-state index in [4.69, 9.17) is 4.98 Å². The zero-order valence-electron chi connectivity index (χ0n) is 26.1. The normalized spacial score (nSPS) is 30.4. The molecule has 0 radical (unpaired) electrons. The van der Waals surface area contributed by atoms with Crippen molar-refractivity contribution in [1.82, 2.24) is 29.9 Å². The lowest BCUT2D eigenvalue weighted by Gasteiger charge is -2.40. The van der Waals surface area contributed by atoms with Gasteiger partial charge in [-0.1, -0.05) is 13.8 Å². The molecule has 0 spiro atoms. The summed E-state index contributed by atoms with van der Waals surface area (Å²) < 4.78 is 0. The minimum atomic E-state index is -0.476. The van der Waals surface area contributed by atoms with Gasteiger partial charge in [0.25, 0.3) is 0 Å². The zero-order chi connectivity index (χ0) is 30.2. The van der Waals surface area contributed by atoms with Crippen molar-refractivity contribution in [2.24, 2.45) is 11.8 Å². The quantitative estimate of drug-likeness (QED) is 0.561. The number of carbonyl (C=O) groups is 4. The average molecular weight is 613 g/mol. The summed E-state index contributed by atoms with van der Waals surface area (Å²) in [4.78, 5) is 68.7. The largest absolute Gasteiger partial charge is 0.343 e. The number of aromatic nitrogens is 1. The molecule has 10 nitrogen and oxygen atoms in total. The van der Waals surface area contributed by atoms with Gasteiger partial charge in [-0.05, 0) is 57.3 Å². The minimum absolute atomic E-state index is 0.0249. The summed E-state index contributed by atoms with van der Waals surface area (Å²) in [6.07, 6.45) is 6.06. The number of fused-ring (bicyclic) bond motifs is 4. The van der Waals surface area contributed by atoms with E-state index in [-0.39, 0.29) is 66.3 Å². The third kappa shape index (κ3) is 6.62. The second kappa shape index (κ2) is 12.8. The first kappa shape index (κ1) is 30.5. The van der Waals surface area contributed by atoms with Crippen LogP contribution in [0, 0.1) is 18.8 Å². The van der Waals surface area contributed by atoms with Crippen molar-refractivity contribution in [3.05, 3.63) is 15.6 Å². The van der Waals surface area contributed by atoms with Crippen molar-refractivity contribution < 1.29 is 19.2 Å². The molecule has 43 heavy (non-hydrogen) atoms. The van der Waals surface area contributed by atoms with E-state index in [9.17, 15) is 19.2 Å². The fourth-order valence-electron chi connectivity index (χ4n) is 8.01. The predicted molar refractivity (Wildman–Crippen MR) is 165 cm³/mol. The molecular formula is C32H48N6O4S. The Bertz CT molecular complexity index is 1220. The van der Waals surface area contributed by atoms with Gasteiger partial charge in [0.1, 0.15) is 6.04 Å². The topological polar surface area (TPSA) is 106 Å². The molecule has 1 aromatic rings. The molecule has 1 aromatic heterocycles. The number of nitrogens with one attached hydrogen (secondary N) is 1. The maximum atomic E-state index is 14.1. The second-order valence-electron chi connectivity index (χ2n) is 13.8. The van der Waals surface area contributed by atoms with Gasteiger partial charge in [-0.25, -0.2) is 4.98 Å². The van der Waals surface area contributed by atoms with Crippen molar-refractivity contribution in [2.75, 3.05) is 45.8 Å². The van der Waals surface area contributed by atoms with Crippen LogP contribution in [0.15, 0.2) is 0 Å². The molecule has 4 amide bonds. The number of piperidine rings is 2. The molecule has 4 saturated heterocycles. The molecular weight excluding hydrogens is 564 g/mol. The van der Waals surface area contributed by atoms with E-state index in [1.807, 2.05) is 19.6 Å². The van der Waals surface area contributed by atoms with Crippen LogP contribution in [0.2, 0.25) is 0 Å². The van der Waals surface area contributed by atoms with Gasteiger partial charge in [0.05, 0.1) is 17.1 Å². The van der Waals surface area contributed by atoms with E-state index in [1.54, 1.807) is 11.3 Å². The number of nitrogens with zero attached hydrogens (tertiary/aromatic N) is 5. The number of hydrogen-bond acceptors (Lipinski definition) is 7. The third-order valence-corrected chi connectivity index (χ3v) is 11.6. The Labute approximate surface area is 259 Å². The van der Waals surface area contributed by atoms with Crippen molar-refractivity contribution in [1.29, 1.82) is 0 Å². The molecule has 4 fully saturated rings. The first-order chi connectivity index (χ1) is 20.7. The van der Waals surface area contributed by atoms with Gasteiger partial charge in [-0.3, -0.25) is 19.2 Å². The minimum Gasteiger partial charge on any atom is -0.343 e. The second-order valence-corrected chi connectivity index (χ2v) is 15.0. The summed E-state index contributed by atoms with van der Waals surface area (Å²) in [6.45, 7) is 10.8. The number of likely N-dealkylation sites (tertiary alicyclic amines) is 1. The van der Waals surface area contributed by atoms with Crippen molar-refractivity contribution >= 4 is 35.0 Å². The molecule has 6 bridgehead atoms. The summed E-state index contributed by atoms with van der Waals surface area (Å²) in [7, 11) is 0. The van der Waals surface area contributed by atoms with Gasteiger partial charge >= 0.3 is 0 Å². The zero-order valence-corrected chi connectivity index (χ0v) is 26.9. The highest BCUT2D eigenvalue weighted by atomic mass is 32.1. The molecule has 0 aliphatic carbocycles. The highest BCUT2D eigenvalue weighted by Crippen LogP contribution is 2.36. The Morgan fingerprint density at radius 3 is 2.42 bits per heavy atom. The molecule has 7 heterocycles. The lowest BCUT2D eigenvalue weighted by atomic mass is 9.80. The smallest absolute Gasteiger partial charge is 0.245 e. The molecule has 7 rings (SSSR count). The van der Waals surface area contributed by atoms with Crippen molar-refractivity contribution in [3.8, 4) is 0 Å². The number of rotatable bonds is 4. The Balaban J connectivity index is 1.29. The van der Waals surface area contributed by atoms with Gasteiger partial charge in [0, 0.05) is 81.5 Å². The van der Waals surface area contributed by atoms with Crippen molar-refractivity contribution in [2.45, 2.75) is 103 Å². The van der Waals surface area contributed by atoms with Crippen LogP contribution in [0.25, 0.3) is 0 Å². The van der Waals surface area contributed by atoms with E-state index in [0.29, 0.717) is 52.0 Å². The van der Waals surface area contributed by atoms with E-state index < -0.39 is 6.04 Å². The Hall–Kier alpha value is -2.53. The predicted octanol–water partition coefficient (Wildman–Crippen LogP) is 2.55. The molecule has 1 N–H and O–H groups in total. The Morgan fingerprint density at radius 2 is 1.70 bits per heavy atom. The molecule has 11 heteroatoms. The molecule has 6 aliphatic rings. The Morgan fingerprint density at radius 1 is 0.977 bits per heavy atom. The summed E-state index contributed by atoms with van der Waals surface area (Å²) in [5, 5.41) is 4.65. The number of thiazole rings is 1. The van der Waals surface area contributed by atoms with E-state index >= 15 is 0 Å². The maximum Gasteiger partial charge on any atom is 0.245 e. The SMILES string of the molecule is Cc1sc2nc1CC(=O)N1CC[C@@H](CC(=O)N3CCCC3)[C@@H](CC(=O)N3C[C@@H](NC(C)C)C[C@H]3C(=O)N3CCC2CC3)C1. The Kier molecular flexibility index (Phi) is 9.10. The molecule has 236 valence electrons. The van der Waals surface area contributed by atoms with Gasteiger partial charge in [-0.2, -0.15) is 0 Å². The van der Waals surface area contributed by atoms with Crippen LogP contribution < -0.4 is 5.32 Å². The van der Waals surface area contributed by atoms with Crippen LogP contribution in [0.5, 0.6) is 0 Å². The van der Waals surface area contributed by atoms with Crippen LogP contribution in [-0.4, -0.2) is 112 Å². The highest BCUT2D eigenvalue weighted by molar-refractivity contribution is 7.11. The van der Waals surface area contributed by atoms with Gasteiger partial charge < -0.3 is 24.9 Å². The summed E-state index contributed by atoms with van der Waals surface area (Å²) in [5.74, 6) is 0.459. The van der Waals surface area contributed by atoms with Crippen LogP contribution in [0.1, 0.15) is 86.7 Å². The number of carbonyl (C=O) groups excluding carboxylic acids is 4. The van der Waals surface area contributed by atoms with Crippen LogP contribution in [0.4, 0.5) is 0 Å². The van der Waals surface area contributed by atoms with Crippen molar-refractivity contribution in [3.63, 3.8) is 0 Å². The molecule has 0 aromatic carbocycles. The summed E-state index contributed by atoms with van der Waals surface area (Å²) in [5.41, 5.74) is 0.858. The number of amides is 4. The molecule has 6 aliphatic heterocycles. The molecule has 0 unspecified atom stereocenters. The fraction of sp³-hybridized carbons (Fsp3) is 0.781. The van der Waals surface area contributed by atoms with Crippen LogP contribution >= 0.6 is 11.3 Å². The van der Waals surface area contributed by atoms with E-state index in [2.05, 4.69) is 26.1 Å². The van der Waals surface area contributed by atoms with Gasteiger partial charge in [0.2, 0.25) is 23.6 Å². The fourth-order valence-corrected chi connectivity index (χ4v) is 9.12. The standard InChI is InChI=1S/C32H48N6O4S/c1-20(2)33-25-16-27-32(42)36-11-6-22(7-12-36)31-34-26(21(3)43-31)17-29(40)37-13-8-23(14-28(39)35-9-4-5-10-35)24(18-37)15-30(41)38(27)19-25/h20,22-25,27,33H,4-19H2,1-3H3/t23-,24-,25-,27-/m0/s1. The number of aryl methyl sites for hydroxylation is 1. The monoisotopic (exact) mass is 612 g/mol. The summed E-state index contributed by atoms with van der Waals surface area (Å²) in [6, 6.07) is -0.159. The lowest BCUT2D eigenvalue weighted by Crippen LogP contribution is -2.51. The first-order valence-electron chi connectivity index (χ1n) is 16.5.